The van der Waals surface area contributed by atoms with Crippen LogP contribution >= 0.6 is 0 Å². The maximum absolute atomic E-state index is 12.8. The topological polar surface area (TPSA) is 92.7 Å². The molecule has 0 heterocycles. The summed E-state index contributed by atoms with van der Waals surface area (Å²) in [7, 11) is -3.86. The number of nitrogens with one attached hydrogen (secondary N) is 1. The summed E-state index contributed by atoms with van der Waals surface area (Å²) in [6.07, 6.45) is 2.92. The fourth-order valence-electron chi connectivity index (χ4n) is 2.37. The zero-order valence-electron chi connectivity index (χ0n) is 14.9. The molecule has 2 rings (SSSR count). The van der Waals surface area contributed by atoms with Gasteiger partial charge in [0.05, 0.1) is 12.2 Å². The van der Waals surface area contributed by atoms with Crippen LogP contribution in [0, 0.1) is 6.92 Å². The minimum absolute atomic E-state index is 0.0660. The third kappa shape index (κ3) is 5.23. The van der Waals surface area contributed by atoms with E-state index in [4.69, 9.17) is 9.84 Å². The number of anilines is 1. The molecule has 0 atom stereocenters. The van der Waals surface area contributed by atoms with Gasteiger partial charge in [-0.3, -0.25) is 4.72 Å². The van der Waals surface area contributed by atoms with Gasteiger partial charge in [-0.25, -0.2) is 13.2 Å². The number of carboxylic acid groups (broad SMARTS) is 1. The van der Waals surface area contributed by atoms with E-state index in [2.05, 4.69) is 11.6 Å². The highest BCUT2D eigenvalue weighted by molar-refractivity contribution is 7.92. The van der Waals surface area contributed by atoms with Crippen LogP contribution in [-0.2, 0) is 10.0 Å². The molecule has 140 valence electrons. The number of aromatic carboxylic acids is 1. The van der Waals surface area contributed by atoms with E-state index in [-0.39, 0.29) is 16.1 Å². The van der Waals surface area contributed by atoms with E-state index >= 15 is 0 Å². The van der Waals surface area contributed by atoms with E-state index in [1.54, 1.807) is 18.2 Å². The summed E-state index contributed by atoms with van der Waals surface area (Å²) in [5.41, 5.74) is 1.17. The lowest BCUT2D eigenvalue weighted by atomic mass is 10.2. The smallest absolute Gasteiger partial charge is 0.335 e. The maximum atomic E-state index is 12.8. The molecule has 0 amide bonds. The summed E-state index contributed by atoms with van der Waals surface area (Å²) in [5.74, 6) is -0.762. The molecule has 0 aromatic heterocycles. The van der Waals surface area contributed by atoms with Crippen molar-refractivity contribution >= 4 is 21.7 Å². The predicted molar refractivity (Wildman–Crippen MR) is 100 cm³/mol. The van der Waals surface area contributed by atoms with E-state index in [1.165, 1.54) is 24.3 Å². The highest BCUT2D eigenvalue weighted by atomic mass is 32.2. The third-order valence-corrected chi connectivity index (χ3v) is 5.18. The number of unbranched alkanes of at least 4 members (excludes halogenated alkanes) is 2. The molecular weight excluding hydrogens is 354 g/mol. The minimum atomic E-state index is -3.86. The van der Waals surface area contributed by atoms with E-state index < -0.39 is 16.0 Å². The Morgan fingerprint density at radius 2 is 1.81 bits per heavy atom. The van der Waals surface area contributed by atoms with Gasteiger partial charge < -0.3 is 9.84 Å². The van der Waals surface area contributed by atoms with Crippen molar-refractivity contribution in [3.05, 3.63) is 53.6 Å². The average Bonchev–Trinajstić information content (AvgIpc) is 2.60. The van der Waals surface area contributed by atoms with Crippen molar-refractivity contribution in [2.24, 2.45) is 0 Å². The van der Waals surface area contributed by atoms with Crippen molar-refractivity contribution in [3.8, 4) is 5.75 Å². The first-order chi connectivity index (χ1) is 12.3. The quantitative estimate of drug-likeness (QED) is 0.643. The molecule has 2 N–H and O–H groups in total. The van der Waals surface area contributed by atoms with Crippen LogP contribution in [-0.4, -0.2) is 26.1 Å². The third-order valence-electron chi connectivity index (χ3n) is 3.78. The molecule has 0 radical (unpaired) electrons. The Balaban J connectivity index is 2.23. The largest absolute Gasteiger partial charge is 0.492 e. The standard InChI is InChI=1S/C19H23NO5S/c1-3-4-5-12-25-17-11-6-14(2)13-18(17)26(23,24)20-16-9-7-15(8-10-16)19(21)22/h6-11,13,20H,3-5,12H2,1-2H3,(H,21,22). The minimum Gasteiger partial charge on any atom is -0.492 e. The Bertz CT molecular complexity index is 860. The molecule has 0 unspecified atom stereocenters. The zero-order chi connectivity index (χ0) is 19.2. The Morgan fingerprint density at radius 1 is 1.12 bits per heavy atom. The Kier molecular flexibility index (Phi) is 6.63. The van der Waals surface area contributed by atoms with E-state index in [0.717, 1.165) is 24.8 Å². The van der Waals surface area contributed by atoms with Crippen LogP contribution in [0.5, 0.6) is 5.75 Å². The molecule has 2 aromatic carbocycles. The molecule has 0 aliphatic rings. The maximum Gasteiger partial charge on any atom is 0.335 e. The van der Waals surface area contributed by atoms with Crippen LogP contribution in [0.25, 0.3) is 0 Å². The molecule has 26 heavy (non-hydrogen) atoms. The number of aryl methyl sites for hydroxylation is 1. The van der Waals surface area contributed by atoms with Crippen molar-refractivity contribution in [3.63, 3.8) is 0 Å². The van der Waals surface area contributed by atoms with Gasteiger partial charge in [-0.05, 0) is 55.3 Å². The van der Waals surface area contributed by atoms with Crippen molar-refractivity contribution < 1.29 is 23.1 Å². The molecule has 0 bridgehead atoms. The number of carbonyl (C=O) groups is 1. The van der Waals surface area contributed by atoms with Gasteiger partial charge in [0, 0.05) is 5.69 Å². The average molecular weight is 377 g/mol. The van der Waals surface area contributed by atoms with Gasteiger partial charge in [0.25, 0.3) is 10.0 Å². The summed E-state index contributed by atoms with van der Waals surface area (Å²) >= 11 is 0. The van der Waals surface area contributed by atoms with E-state index in [1.807, 2.05) is 6.92 Å². The molecule has 6 nitrogen and oxygen atoms in total. The first-order valence-corrected chi connectivity index (χ1v) is 9.91. The lowest BCUT2D eigenvalue weighted by Crippen LogP contribution is -2.15. The Hall–Kier alpha value is -2.54. The number of benzene rings is 2. The number of carboxylic acids is 1. The second kappa shape index (κ2) is 8.71. The van der Waals surface area contributed by atoms with Crippen LogP contribution in [0.3, 0.4) is 0 Å². The van der Waals surface area contributed by atoms with Crippen molar-refractivity contribution in [1.82, 2.24) is 0 Å². The first-order valence-electron chi connectivity index (χ1n) is 8.43. The van der Waals surface area contributed by atoms with Crippen LogP contribution in [0.1, 0.15) is 42.1 Å². The van der Waals surface area contributed by atoms with Crippen molar-refractivity contribution in [2.75, 3.05) is 11.3 Å². The molecule has 2 aromatic rings. The molecule has 0 aliphatic heterocycles. The second-order valence-corrected chi connectivity index (χ2v) is 7.64. The van der Waals surface area contributed by atoms with E-state index in [0.29, 0.717) is 12.4 Å². The SMILES string of the molecule is CCCCCOc1ccc(C)cc1S(=O)(=O)Nc1ccc(C(=O)O)cc1. The van der Waals surface area contributed by atoms with Crippen molar-refractivity contribution in [1.29, 1.82) is 0 Å². The molecule has 0 saturated heterocycles. The number of hydrogen-bond acceptors (Lipinski definition) is 4. The van der Waals surface area contributed by atoms with Crippen LogP contribution in [0.4, 0.5) is 5.69 Å². The van der Waals surface area contributed by atoms with Crippen molar-refractivity contribution in [2.45, 2.75) is 38.0 Å². The van der Waals surface area contributed by atoms with Gasteiger partial charge in [-0.15, -0.1) is 0 Å². The fourth-order valence-corrected chi connectivity index (χ4v) is 3.66. The molecule has 0 fully saturated rings. The lowest BCUT2D eigenvalue weighted by molar-refractivity contribution is 0.0697. The van der Waals surface area contributed by atoms with Gasteiger partial charge in [0.15, 0.2) is 0 Å². The zero-order valence-corrected chi connectivity index (χ0v) is 15.7. The van der Waals surface area contributed by atoms with E-state index in [9.17, 15) is 13.2 Å². The summed E-state index contributed by atoms with van der Waals surface area (Å²) in [6, 6.07) is 10.5. The van der Waals surface area contributed by atoms with Gasteiger partial charge in [-0.2, -0.15) is 0 Å². The van der Waals surface area contributed by atoms with Gasteiger partial charge in [0.2, 0.25) is 0 Å². The molecule has 7 heteroatoms. The number of sulfonamides is 1. The molecule has 0 aliphatic carbocycles. The Morgan fingerprint density at radius 3 is 2.42 bits per heavy atom. The lowest BCUT2D eigenvalue weighted by Gasteiger charge is -2.14. The summed E-state index contributed by atoms with van der Waals surface area (Å²) in [6.45, 7) is 4.34. The molecule has 0 saturated carbocycles. The highest BCUT2D eigenvalue weighted by Crippen LogP contribution is 2.27. The second-order valence-electron chi connectivity index (χ2n) is 5.99. The number of rotatable bonds is 9. The Labute approximate surface area is 153 Å². The van der Waals surface area contributed by atoms with Crippen LogP contribution in [0.2, 0.25) is 0 Å². The van der Waals surface area contributed by atoms with Gasteiger partial charge >= 0.3 is 5.97 Å². The number of hydrogen-bond donors (Lipinski definition) is 2. The molecule has 0 spiro atoms. The fraction of sp³-hybridized carbons (Fsp3) is 0.316. The van der Waals surface area contributed by atoms with Gasteiger partial charge in [-0.1, -0.05) is 25.8 Å². The summed E-state index contributed by atoms with van der Waals surface area (Å²) in [5, 5.41) is 8.92. The summed E-state index contributed by atoms with van der Waals surface area (Å²) < 4.78 is 33.7. The highest BCUT2D eigenvalue weighted by Gasteiger charge is 2.20. The summed E-state index contributed by atoms with van der Waals surface area (Å²) in [4.78, 5) is 11.0. The molecular formula is C19H23NO5S. The first kappa shape index (κ1) is 19.8. The number of ether oxygens (including phenoxy) is 1. The monoisotopic (exact) mass is 377 g/mol. The van der Waals surface area contributed by atoms with Crippen LogP contribution in [0.15, 0.2) is 47.4 Å². The normalized spacial score (nSPS) is 11.2. The van der Waals surface area contributed by atoms with Gasteiger partial charge in [0.1, 0.15) is 10.6 Å². The predicted octanol–water partition coefficient (Wildman–Crippen LogP) is 4.06. The van der Waals surface area contributed by atoms with Crippen LogP contribution < -0.4 is 9.46 Å².